The van der Waals surface area contributed by atoms with Crippen LogP contribution >= 0.6 is 0 Å². The maximum Gasteiger partial charge on any atom is 0.241 e. The van der Waals surface area contributed by atoms with E-state index < -0.39 is 0 Å². The Kier molecular flexibility index (Phi) is 4.17. The molecule has 6 nitrogen and oxygen atoms in total. The molecular weight excluding hydrogens is 270 g/mol. The molecule has 1 aliphatic rings. The highest BCUT2D eigenvalue weighted by atomic mass is 16.5. The molecule has 1 atom stereocenters. The summed E-state index contributed by atoms with van der Waals surface area (Å²) in [7, 11) is 1.64. The van der Waals surface area contributed by atoms with Crippen LogP contribution < -0.4 is 4.74 Å². The van der Waals surface area contributed by atoms with Crippen LogP contribution in [-0.2, 0) is 11.3 Å². The summed E-state index contributed by atoms with van der Waals surface area (Å²) in [4.78, 5) is 6.72. The number of benzene rings is 1. The molecule has 112 valence electrons. The van der Waals surface area contributed by atoms with Crippen LogP contribution in [-0.4, -0.2) is 48.0 Å². The summed E-state index contributed by atoms with van der Waals surface area (Å²) in [5.74, 6) is 2.05. The zero-order valence-electron chi connectivity index (χ0n) is 12.3. The van der Waals surface area contributed by atoms with E-state index in [0.29, 0.717) is 18.3 Å². The van der Waals surface area contributed by atoms with Gasteiger partial charge in [0.15, 0.2) is 0 Å². The van der Waals surface area contributed by atoms with Gasteiger partial charge in [0.25, 0.3) is 0 Å². The van der Waals surface area contributed by atoms with Crippen LogP contribution in [0.25, 0.3) is 11.4 Å². The summed E-state index contributed by atoms with van der Waals surface area (Å²) >= 11 is 0. The minimum absolute atomic E-state index is 0.253. The Bertz CT molecular complexity index is 582. The van der Waals surface area contributed by atoms with Crippen LogP contribution in [0.3, 0.4) is 0 Å². The van der Waals surface area contributed by atoms with Crippen molar-refractivity contribution in [2.24, 2.45) is 0 Å². The molecule has 0 amide bonds. The summed E-state index contributed by atoms with van der Waals surface area (Å²) in [5.41, 5.74) is 0.918. The molecule has 3 rings (SSSR count). The number of ether oxygens (including phenoxy) is 2. The Morgan fingerprint density at radius 1 is 1.33 bits per heavy atom. The highest BCUT2D eigenvalue weighted by molar-refractivity contribution is 5.55. The van der Waals surface area contributed by atoms with Crippen molar-refractivity contribution < 1.29 is 14.0 Å². The Hall–Kier alpha value is -1.92. The largest absolute Gasteiger partial charge is 0.497 e. The Labute approximate surface area is 123 Å². The molecule has 0 unspecified atom stereocenters. The third-order valence-corrected chi connectivity index (χ3v) is 3.50. The van der Waals surface area contributed by atoms with E-state index in [9.17, 15) is 0 Å². The van der Waals surface area contributed by atoms with Gasteiger partial charge in [0, 0.05) is 18.7 Å². The molecule has 0 spiro atoms. The third kappa shape index (κ3) is 3.40. The summed E-state index contributed by atoms with van der Waals surface area (Å²) < 4.78 is 16.0. The maximum absolute atomic E-state index is 5.52. The SMILES string of the molecule is COc1ccc(-c2noc(CN3CCO[C@H](C)C3)n2)cc1. The molecule has 0 bridgehead atoms. The van der Waals surface area contributed by atoms with Gasteiger partial charge in [-0.3, -0.25) is 4.90 Å². The van der Waals surface area contributed by atoms with Gasteiger partial charge in [0.1, 0.15) is 5.75 Å². The molecule has 1 aromatic carbocycles. The van der Waals surface area contributed by atoms with Gasteiger partial charge in [-0.1, -0.05) is 5.16 Å². The lowest BCUT2D eigenvalue weighted by molar-refractivity contribution is -0.0240. The number of rotatable bonds is 4. The van der Waals surface area contributed by atoms with E-state index in [-0.39, 0.29) is 6.10 Å². The highest BCUT2D eigenvalue weighted by Gasteiger charge is 2.19. The van der Waals surface area contributed by atoms with Crippen molar-refractivity contribution in [2.45, 2.75) is 19.6 Å². The molecule has 1 aromatic heterocycles. The fourth-order valence-electron chi connectivity index (χ4n) is 2.40. The minimum Gasteiger partial charge on any atom is -0.497 e. The van der Waals surface area contributed by atoms with Crippen LogP contribution in [0, 0.1) is 0 Å². The van der Waals surface area contributed by atoms with Crippen molar-refractivity contribution >= 4 is 0 Å². The zero-order chi connectivity index (χ0) is 14.7. The number of aromatic nitrogens is 2. The van der Waals surface area contributed by atoms with Gasteiger partial charge in [0.2, 0.25) is 11.7 Å². The second-order valence-electron chi connectivity index (χ2n) is 5.16. The minimum atomic E-state index is 0.253. The van der Waals surface area contributed by atoms with E-state index in [1.54, 1.807) is 7.11 Å². The molecule has 1 aliphatic heterocycles. The maximum atomic E-state index is 5.52. The van der Waals surface area contributed by atoms with Crippen LogP contribution in [0.15, 0.2) is 28.8 Å². The molecule has 1 fully saturated rings. The summed E-state index contributed by atoms with van der Waals surface area (Å²) in [6.07, 6.45) is 0.253. The molecule has 0 saturated carbocycles. The molecule has 0 N–H and O–H groups in total. The van der Waals surface area contributed by atoms with Crippen molar-refractivity contribution in [3.05, 3.63) is 30.2 Å². The molecule has 21 heavy (non-hydrogen) atoms. The lowest BCUT2D eigenvalue weighted by Gasteiger charge is -2.29. The van der Waals surface area contributed by atoms with E-state index in [0.717, 1.165) is 31.0 Å². The lowest BCUT2D eigenvalue weighted by atomic mass is 10.2. The molecule has 2 aromatic rings. The fraction of sp³-hybridized carbons (Fsp3) is 0.467. The van der Waals surface area contributed by atoms with E-state index in [1.165, 1.54) is 0 Å². The number of methoxy groups -OCH3 is 1. The predicted octanol–water partition coefficient (Wildman–Crippen LogP) is 1.97. The molecule has 6 heteroatoms. The average molecular weight is 289 g/mol. The topological polar surface area (TPSA) is 60.6 Å². The number of hydrogen-bond donors (Lipinski definition) is 0. The summed E-state index contributed by atoms with van der Waals surface area (Å²) in [6.45, 7) is 5.27. The van der Waals surface area contributed by atoms with Crippen molar-refractivity contribution in [3.63, 3.8) is 0 Å². The normalized spacial score (nSPS) is 19.6. The van der Waals surface area contributed by atoms with Gasteiger partial charge >= 0.3 is 0 Å². The molecule has 2 heterocycles. The second kappa shape index (κ2) is 6.24. The summed E-state index contributed by atoms with van der Waals surface area (Å²) in [5, 5.41) is 4.04. The number of hydrogen-bond acceptors (Lipinski definition) is 6. The van der Waals surface area contributed by atoms with Gasteiger partial charge < -0.3 is 14.0 Å². The lowest BCUT2D eigenvalue weighted by Crippen LogP contribution is -2.40. The Balaban J connectivity index is 1.67. The first kappa shape index (κ1) is 14.0. The molecule has 0 aliphatic carbocycles. The molecule has 0 radical (unpaired) electrons. The first-order valence-electron chi connectivity index (χ1n) is 7.05. The van der Waals surface area contributed by atoms with Crippen LogP contribution in [0.1, 0.15) is 12.8 Å². The van der Waals surface area contributed by atoms with Crippen molar-refractivity contribution in [1.82, 2.24) is 15.0 Å². The van der Waals surface area contributed by atoms with E-state index in [4.69, 9.17) is 14.0 Å². The van der Waals surface area contributed by atoms with Crippen molar-refractivity contribution in [3.8, 4) is 17.1 Å². The summed E-state index contributed by atoms with van der Waals surface area (Å²) in [6, 6.07) is 7.61. The first-order chi connectivity index (χ1) is 10.2. The van der Waals surface area contributed by atoms with Gasteiger partial charge in [-0.15, -0.1) is 0 Å². The van der Waals surface area contributed by atoms with Gasteiger partial charge in [-0.25, -0.2) is 0 Å². The van der Waals surface area contributed by atoms with Gasteiger partial charge in [0.05, 0.1) is 26.4 Å². The van der Waals surface area contributed by atoms with E-state index in [1.807, 2.05) is 24.3 Å². The molecule has 1 saturated heterocycles. The zero-order valence-corrected chi connectivity index (χ0v) is 12.3. The quantitative estimate of drug-likeness (QED) is 0.857. The first-order valence-corrected chi connectivity index (χ1v) is 7.05. The van der Waals surface area contributed by atoms with E-state index in [2.05, 4.69) is 22.0 Å². The van der Waals surface area contributed by atoms with Gasteiger partial charge in [-0.2, -0.15) is 4.98 Å². The fourth-order valence-corrected chi connectivity index (χ4v) is 2.40. The molecular formula is C15H19N3O3. The number of morpholine rings is 1. The number of nitrogens with zero attached hydrogens (tertiary/aromatic N) is 3. The second-order valence-corrected chi connectivity index (χ2v) is 5.16. The average Bonchev–Trinajstić information content (AvgIpc) is 2.96. The van der Waals surface area contributed by atoms with E-state index >= 15 is 0 Å². The highest BCUT2D eigenvalue weighted by Crippen LogP contribution is 2.20. The third-order valence-electron chi connectivity index (χ3n) is 3.50. The predicted molar refractivity (Wildman–Crippen MR) is 77.0 cm³/mol. The van der Waals surface area contributed by atoms with Crippen LogP contribution in [0.5, 0.6) is 5.75 Å². The van der Waals surface area contributed by atoms with Crippen LogP contribution in [0.2, 0.25) is 0 Å². The Morgan fingerprint density at radius 3 is 2.86 bits per heavy atom. The van der Waals surface area contributed by atoms with Crippen molar-refractivity contribution in [2.75, 3.05) is 26.8 Å². The monoisotopic (exact) mass is 289 g/mol. The van der Waals surface area contributed by atoms with Crippen LogP contribution in [0.4, 0.5) is 0 Å². The Morgan fingerprint density at radius 2 is 2.14 bits per heavy atom. The smallest absolute Gasteiger partial charge is 0.241 e. The van der Waals surface area contributed by atoms with Crippen molar-refractivity contribution in [1.29, 1.82) is 0 Å². The standard InChI is InChI=1S/C15H19N3O3/c1-11-9-18(7-8-20-11)10-14-16-15(17-21-14)12-3-5-13(19-2)6-4-12/h3-6,11H,7-10H2,1-2H3/t11-/m1/s1. The van der Waals surface area contributed by atoms with Gasteiger partial charge in [-0.05, 0) is 31.2 Å².